The molecule has 30 heavy (non-hydrogen) atoms. The lowest BCUT2D eigenvalue weighted by Crippen LogP contribution is -2.56. The highest BCUT2D eigenvalue weighted by molar-refractivity contribution is 5.95. The number of fused-ring (bicyclic) bond motifs is 2. The minimum atomic E-state index is -1.32. The van der Waals surface area contributed by atoms with Crippen molar-refractivity contribution >= 4 is 16.9 Å². The lowest BCUT2D eigenvalue weighted by Gasteiger charge is -2.40. The third-order valence-electron chi connectivity index (χ3n) is 6.26. The van der Waals surface area contributed by atoms with Gasteiger partial charge in [0, 0.05) is 37.4 Å². The van der Waals surface area contributed by atoms with Crippen molar-refractivity contribution in [3.63, 3.8) is 0 Å². The number of ether oxygens (including phenoxy) is 1. The molecule has 2 aliphatic heterocycles. The van der Waals surface area contributed by atoms with Crippen molar-refractivity contribution in [3.05, 3.63) is 45.0 Å². The summed E-state index contributed by atoms with van der Waals surface area (Å²) in [6.45, 7) is 3.82. The molecule has 8 heteroatoms. The number of rotatable bonds is 3. The average molecular weight is 411 g/mol. The SMILES string of the molecule is CC#Cc1c(C23CNCC2NCCO3)c(F)cc2c(=O)c(C(=O)O)cn(C3CC3)c12. The second-order valence-electron chi connectivity index (χ2n) is 8.07. The van der Waals surface area contributed by atoms with Crippen LogP contribution in [0.1, 0.15) is 47.3 Å². The molecule has 2 atom stereocenters. The number of benzene rings is 1. The zero-order valence-electron chi connectivity index (χ0n) is 16.5. The van der Waals surface area contributed by atoms with Crippen LogP contribution in [0.25, 0.3) is 10.9 Å². The number of carbonyl (C=O) groups is 1. The molecule has 3 aliphatic rings. The van der Waals surface area contributed by atoms with Crippen molar-refractivity contribution in [2.45, 2.75) is 37.5 Å². The van der Waals surface area contributed by atoms with Crippen molar-refractivity contribution in [2.24, 2.45) is 0 Å². The maximum Gasteiger partial charge on any atom is 0.341 e. The van der Waals surface area contributed by atoms with E-state index in [0.717, 1.165) is 12.8 Å². The number of hydrogen-bond donors (Lipinski definition) is 3. The van der Waals surface area contributed by atoms with Crippen LogP contribution in [0.2, 0.25) is 0 Å². The van der Waals surface area contributed by atoms with E-state index in [2.05, 4.69) is 22.5 Å². The molecule has 3 N–H and O–H groups in total. The quantitative estimate of drug-likeness (QED) is 0.660. The van der Waals surface area contributed by atoms with Gasteiger partial charge in [-0.1, -0.05) is 5.92 Å². The molecule has 7 nitrogen and oxygen atoms in total. The van der Waals surface area contributed by atoms with Crippen LogP contribution in [0.5, 0.6) is 0 Å². The van der Waals surface area contributed by atoms with E-state index in [9.17, 15) is 14.7 Å². The molecule has 2 aromatic rings. The third kappa shape index (κ3) is 2.70. The second-order valence-corrected chi connectivity index (χ2v) is 8.07. The summed E-state index contributed by atoms with van der Waals surface area (Å²) >= 11 is 0. The molecular weight excluding hydrogens is 389 g/mol. The second kappa shape index (κ2) is 6.91. The van der Waals surface area contributed by atoms with Gasteiger partial charge in [0.05, 0.1) is 29.1 Å². The van der Waals surface area contributed by atoms with Crippen LogP contribution in [-0.2, 0) is 10.3 Å². The molecule has 1 aromatic carbocycles. The fraction of sp³-hybridized carbons (Fsp3) is 0.455. The van der Waals surface area contributed by atoms with Gasteiger partial charge in [0.2, 0.25) is 5.43 Å². The van der Waals surface area contributed by atoms with Crippen LogP contribution in [0.4, 0.5) is 4.39 Å². The van der Waals surface area contributed by atoms with E-state index in [1.54, 1.807) is 11.5 Å². The van der Waals surface area contributed by atoms with Crippen LogP contribution in [0, 0.1) is 17.7 Å². The van der Waals surface area contributed by atoms with Gasteiger partial charge in [-0.15, -0.1) is 5.92 Å². The van der Waals surface area contributed by atoms with Gasteiger partial charge < -0.3 is 25.0 Å². The maximum absolute atomic E-state index is 15.7. The monoisotopic (exact) mass is 411 g/mol. The molecule has 0 radical (unpaired) electrons. The fourth-order valence-corrected chi connectivity index (χ4v) is 4.82. The molecular formula is C22H22FN3O4. The minimum Gasteiger partial charge on any atom is -0.477 e. The van der Waals surface area contributed by atoms with Crippen molar-refractivity contribution in [2.75, 3.05) is 26.2 Å². The number of carboxylic acids is 1. The number of aromatic nitrogens is 1. The van der Waals surface area contributed by atoms with Gasteiger partial charge in [-0.05, 0) is 25.8 Å². The van der Waals surface area contributed by atoms with Gasteiger partial charge in [-0.3, -0.25) is 4.79 Å². The van der Waals surface area contributed by atoms with E-state index in [1.165, 1.54) is 12.3 Å². The Kier molecular flexibility index (Phi) is 4.43. The predicted molar refractivity (Wildman–Crippen MR) is 108 cm³/mol. The summed E-state index contributed by atoms with van der Waals surface area (Å²) in [5, 5.41) is 16.2. The molecule has 0 bridgehead atoms. The number of nitrogens with one attached hydrogen (secondary N) is 2. The Labute approximate surface area is 172 Å². The summed E-state index contributed by atoms with van der Waals surface area (Å²) in [5.74, 6) is 3.97. The summed E-state index contributed by atoms with van der Waals surface area (Å²) in [7, 11) is 0. The summed E-state index contributed by atoms with van der Waals surface area (Å²) in [5.41, 5.74) is -0.751. The standard InChI is InChI=1S/C22H22FN3O4/c1-2-3-13-18(22-11-24-9-17(22)25-6-7-30-22)16(23)8-14-19(13)26(12-4-5-12)10-15(20(14)27)21(28)29/h8,10,12,17,24-25H,4-7,9,11H2,1H3,(H,28,29). The van der Waals surface area contributed by atoms with Crippen LogP contribution in [0.3, 0.4) is 0 Å². The predicted octanol–water partition coefficient (Wildman–Crippen LogP) is 1.33. The topological polar surface area (TPSA) is 92.6 Å². The molecule has 2 unspecified atom stereocenters. The molecule has 1 saturated carbocycles. The number of nitrogens with zero attached hydrogens (tertiary/aromatic N) is 1. The molecule has 3 fully saturated rings. The normalized spacial score (nSPS) is 25.6. The number of halogens is 1. The number of hydrogen-bond acceptors (Lipinski definition) is 5. The average Bonchev–Trinajstić information content (AvgIpc) is 3.47. The van der Waals surface area contributed by atoms with Gasteiger partial charge in [-0.25, -0.2) is 9.18 Å². The van der Waals surface area contributed by atoms with Gasteiger partial charge in [0.1, 0.15) is 17.0 Å². The molecule has 1 aromatic heterocycles. The number of pyridine rings is 1. The number of morpholine rings is 1. The van der Waals surface area contributed by atoms with E-state index < -0.39 is 22.8 Å². The Bertz CT molecular complexity index is 1190. The van der Waals surface area contributed by atoms with Crippen molar-refractivity contribution in [1.29, 1.82) is 0 Å². The first-order valence-electron chi connectivity index (χ1n) is 10.1. The minimum absolute atomic E-state index is 0.0449. The Morgan fingerprint density at radius 3 is 2.93 bits per heavy atom. The van der Waals surface area contributed by atoms with E-state index in [1.807, 2.05) is 0 Å². The third-order valence-corrected chi connectivity index (χ3v) is 6.26. The van der Waals surface area contributed by atoms with E-state index in [0.29, 0.717) is 42.9 Å². The fourth-order valence-electron chi connectivity index (χ4n) is 4.82. The Morgan fingerprint density at radius 1 is 1.43 bits per heavy atom. The van der Waals surface area contributed by atoms with E-state index in [-0.39, 0.29) is 23.0 Å². The lowest BCUT2D eigenvalue weighted by atomic mass is 9.82. The zero-order chi connectivity index (χ0) is 21.0. The number of aromatic carboxylic acids is 1. The first-order valence-corrected chi connectivity index (χ1v) is 10.1. The van der Waals surface area contributed by atoms with E-state index >= 15 is 4.39 Å². The van der Waals surface area contributed by atoms with Crippen LogP contribution >= 0.6 is 0 Å². The molecule has 3 heterocycles. The van der Waals surface area contributed by atoms with Crippen LogP contribution in [0.15, 0.2) is 17.1 Å². The van der Waals surface area contributed by atoms with Crippen molar-refractivity contribution in [1.82, 2.24) is 15.2 Å². The largest absolute Gasteiger partial charge is 0.477 e. The molecule has 156 valence electrons. The Hall–Kier alpha value is -2.73. The Balaban J connectivity index is 1.91. The lowest BCUT2D eigenvalue weighted by molar-refractivity contribution is -0.0799. The van der Waals surface area contributed by atoms with Crippen LogP contribution < -0.4 is 16.1 Å². The smallest absolute Gasteiger partial charge is 0.341 e. The van der Waals surface area contributed by atoms with Gasteiger partial charge in [0.15, 0.2) is 0 Å². The number of carboxylic acid groups (broad SMARTS) is 1. The zero-order valence-corrected chi connectivity index (χ0v) is 16.5. The van der Waals surface area contributed by atoms with E-state index in [4.69, 9.17) is 4.74 Å². The summed E-state index contributed by atoms with van der Waals surface area (Å²) in [6.07, 6.45) is 3.13. The molecule has 2 saturated heterocycles. The molecule has 5 rings (SSSR count). The first kappa shape index (κ1) is 19.2. The molecule has 1 aliphatic carbocycles. The summed E-state index contributed by atoms with van der Waals surface area (Å²) < 4.78 is 23.7. The Morgan fingerprint density at radius 2 is 2.23 bits per heavy atom. The van der Waals surface area contributed by atoms with Crippen LogP contribution in [-0.4, -0.2) is 47.9 Å². The van der Waals surface area contributed by atoms with Gasteiger partial charge in [-0.2, -0.15) is 0 Å². The van der Waals surface area contributed by atoms with Gasteiger partial charge in [0.25, 0.3) is 0 Å². The van der Waals surface area contributed by atoms with Crippen molar-refractivity contribution in [3.8, 4) is 11.8 Å². The molecule has 0 amide bonds. The maximum atomic E-state index is 15.7. The van der Waals surface area contributed by atoms with Gasteiger partial charge >= 0.3 is 5.97 Å². The summed E-state index contributed by atoms with van der Waals surface area (Å²) in [4.78, 5) is 24.6. The highest BCUT2D eigenvalue weighted by Gasteiger charge is 2.50. The molecule has 0 spiro atoms. The highest BCUT2D eigenvalue weighted by atomic mass is 19.1. The summed E-state index contributed by atoms with van der Waals surface area (Å²) in [6, 6.07) is 1.11. The first-order chi connectivity index (χ1) is 14.5. The highest BCUT2D eigenvalue weighted by Crippen LogP contribution is 2.43. The van der Waals surface area contributed by atoms with Crippen molar-refractivity contribution < 1.29 is 19.0 Å².